The van der Waals surface area contributed by atoms with Crippen LogP contribution in [-0.4, -0.2) is 35.5 Å². The van der Waals surface area contributed by atoms with Crippen molar-refractivity contribution in [3.63, 3.8) is 0 Å². The van der Waals surface area contributed by atoms with E-state index < -0.39 is 4.92 Å². The van der Waals surface area contributed by atoms with E-state index in [2.05, 4.69) is 15.5 Å². The fourth-order valence-electron chi connectivity index (χ4n) is 2.95. The number of nitrogens with one attached hydrogen (secondary N) is 1. The number of carbonyl (C=O) groups excluding carboxylic acids is 1. The van der Waals surface area contributed by atoms with Crippen LogP contribution in [0.3, 0.4) is 0 Å². The van der Waals surface area contributed by atoms with Gasteiger partial charge in [0, 0.05) is 19.3 Å². The number of thiocarbonyl (C=S) groups is 1. The van der Waals surface area contributed by atoms with Gasteiger partial charge < -0.3 is 9.73 Å². The number of aromatic nitrogens is 4. The molecule has 1 aliphatic rings. The van der Waals surface area contributed by atoms with Gasteiger partial charge in [0.05, 0.1) is 22.8 Å². The highest BCUT2D eigenvalue weighted by Crippen LogP contribution is 2.25. The van der Waals surface area contributed by atoms with Crippen LogP contribution in [0.4, 0.5) is 11.4 Å². The predicted molar refractivity (Wildman–Crippen MR) is 106 cm³/mol. The van der Waals surface area contributed by atoms with Gasteiger partial charge in [0.2, 0.25) is 0 Å². The fourth-order valence-corrected chi connectivity index (χ4v) is 3.24. The molecule has 148 valence electrons. The summed E-state index contributed by atoms with van der Waals surface area (Å²) in [5.41, 5.74) is 1.46. The molecule has 3 aromatic rings. The van der Waals surface area contributed by atoms with Crippen molar-refractivity contribution in [2.45, 2.75) is 13.5 Å². The molecule has 0 atom stereocenters. The zero-order valence-electron chi connectivity index (χ0n) is 15.4. The minimum atomic E-state index is -0.516. The van der Waals surface area contributed by atoms with Crippen molar-refractivity contribution in [3.05, 3.63) is 63.7 Å². The second kappa shape index (κ2) is 6.98. The van der Waals surface area contributed by atoms with E-state index in [1.807, 2.05) is 0 Å². The Morgan fingerprint density at radius 3 is 2.83 bits per heavy atom. The number of amides is 1. The summed E-state index contributed by atoms with van der Waals surface area (Å²) < 4.78 is 8.70. The monoisotopic (exact) mass is 413 g/mol. The lowest BCUT2D eigenvalue weighted by Gasteiger charge is -2.11. The summed E-state index contributed by atoms with van der Waals surface area (Å²) in [6.07, 6.45) is 5.76. The summed E-state index contributed by atoms with van der Waals surface area (Å²) in [5.74, 6) is 0.652. The second-order valence-corrected chi connectivity index (χ2v) is 6.75. The van der Waals surface area contributed by atoms with Gasteiger partial charge in [-0.3, -0.25) is 24.3 Å². The summed E-state index contributed by atoms with van der Waals surface area (Å²) in [5, 5.41) is 22.0. The average Bonchev–Trinajstić information content (AvgIpc) is 3.40. The van der Waals surface area contributed by atoms with Crippen molar-refractivity contribution in [2.24, 2.45) is 7.05 Å². The van der Waals surface area contributed by atoms with Crippen LogP contribution in [0, 0.1) is 17.0 Å². The second-order valence-electron chi connectivity index (χ2n) is 6.36. The minimum absolute atomic E-state index is 0.0982. The quantitative estimate of drug-likeness (QED) is 0.290. The van der Waals surface area contributed by atoms with Gasteiger partial charge >= 0.3 is 5.69 Å². The number of furan rings is 1. The molecule has 3 aromatic heterocycles. The molecule has 1 aliphatic heterocycles. The number of hydrogen-bond donors (Lipinski definition) is 1. The van der Waals surface area contributed by atoms with E-state index in [9.17, 15) is 14.9 Å². The van der Waals surface area contributed by atoms with Crippen molar-refractivity contribution in [3.8, 4) is 0 Å². The van der Waals surface area contributed by atoms with Gasteiger partial charge in [-0.25, -0.2) is 4.90 Å². The fraction of sp³-hybridized carbons (Fsp3) is 0.176. The van der Waals surface area contributed by atoms with Gasteiger partial charge in [-0.1, -0.05) is 0 Å². The summed E-state index contributed by atoms with van der Waals surface area (Å²) in [4.78, 5) is 24.4. The van der Waals surface area contributed by atoms with Gasteiger partial charge in [0.25, 0.3) is 5.91 Å². The Labute approximate surface area is 169 Å². The maximum absolute atomic E-state index is 12.8. The van der Waals surface area contributed by atoms with Gasteiger partial charge in [-0.2, -0.15) is 10.2 Å². The molecule has 4 heterocycles. The Morgan fingerprint density at radius 1 is 1.38 bits per heavy atom. The lowest BCUT2D eigenvalue weighted by Crippen LogP contribution is -2.30. The Bertz CT molecular complexity index is 1170. The van der Waals surface area contributed by atoms with E-state index in [1.54, 1.807) is 43.1 Å². The Morgan fingerprint density at radius 2 is 2.17 bits per heavy atom. The highest BCUT2D eigenvalue weighted by molar-refractivity contribution is 7.80. The SMILES string of the molecule is Cc1nn(C)cc1N1C(=O)/C(=C\c2ccc(Cn3cc([N+](=O)[O-])cn3)o2)NC1=S. The average molecular weight is 413 g/mol. The molecule has 1 amide bonds. The summed E-state index contributed by atoms with van der Waals surface area (Å²) in [7, 11) is 1.77. The third-order valence-corrected chi connectivity index (χ3v) is 4.51. The highest BCUT2D eigenvalue weighted by Gasteiger charge is 2.34. The first-order valence-electron chi connectivity index (χ1n) is 8.45. The smallest absolute Gasteiger partial charge is 0.307 e. The Hall–Kier alpha value is -3.80. The molecular weight excluding hydrogens is 398 g/mol. The van der Waals surface area contributed by atoms with Gasteiger partial charge in [0.15, 0.2) is 5.11 Å². The van der Waals surface area contributed by atoms with Crippen molar-refractivity contribution in [1.82, 2.24) is 24.9 Å². The van der Waals surface area contributed by atoms with Crippen LogP contribution in [0.2, 0.25) is 0 Å². The molecule has 29 heavy (non-hydrogen) atoms. The number of nitro groups is 1. The van der Waals surface area contributed by atoms with Crippen LogP contribution in [0.25, 0.3) is 6.08 Å². The molecule has 11 nitrogen and oxygen atoms in total. The topological polar surface area (TPSA) is 124 Å². The number of aryl methyl sites for hydroxylation is 2. The van der Waals surface area contributed by atoms with E-state index in [1.165, 1.54) is 22.0 Å². The highest BCUT2D eigenvalue weighted by atomic mass is 32.1. The molecule has 0 unspecified atom stereocenters. The first kappa shape index (κ1) is 18.6. The van der Waals surface area contributed by atoms with Crippen molar-refractivity contribution < 1.29 is 14.1 Å². The first-order valence-corrected chi connectivity index (χ1v) is 8.85. The van der Waals surface area contributed by atoms with Crippen molar-refractivity contribution in [1.29, 1.82) is 0 Å². The largest absolute Gasteiger partial charge is 0.460 e. The molecule has 0 spiro atoms. The van der Waals surface area contributed by atoms with Gasteiger partial charge in [0.1, 0.15) is 29.6 Å². The number of nitrogens with zero attached hydrogens (tertiary/aromatic N) is 6. The summed E-state index contributed by atoms with van der Waals surface area (Å²) in [6, 6.07) is 3.40. The minimum Gasteiger partial charge on any atom is -0.460 e. The van der Waals surface area contributed by atoms with E-state index in [0.717, 1.165) is 0 Å². The molecule has 4 rings (SSSR count). The van der Waals surface area contributed by atoms with Gasteiger partial charge in [-0.15, -0.1) is 0 Å². The van der Waals surface area contributed by atoms with E-state index in [-0.39, 0.29) is 28.9 Å². The zero-order valence-corrected chi connectivity index (χ0v) is 16.2. The van der Waals surface area contributed by atoms with E-state index in [4.69, 9.17) is 16.6 Å². The first-order chi connectivity index (χ1) is 13.8. The molecular formula is C17H15N7O4S. The van der Waals surface area contributed by atoms with E-state index >= 15 is 0 Å². The van der Waals surface area contributed by atoms with Crippen molar-refractivity contribution in [2.75, 3.05) is 4.90 Å². The third-order valence-electron chi connectivity index (χ3n) is 4.22. The van der Waals surface area contributed by atoms with E-state index in [0.29, 0.717) is 22.9 Å². The number of carbonyl (C=O) groups is 1. The molecule has 1 saturated heterocycles. The predicted octanol–water partition coefficient (Wildman–Crippen LogP) is 1.74. The van der Waals surface area contributed by atoms with Crippen LogP contribution in [0.5, 0.6) is 0 Å². The number of rotatable bonds is 5. The molecule has 0 bridgehead atoms. The maximum Gasteiger partial charge on any atom is 0.307 e. The molecule has 0 saturated carbocycles. The lowest BCUT2D eigenvalue weighted by atomic mass is 10.3. The number of anilines is 1. The Kier molecular flexibility index (Phi) is 4.47. The standard InChI is InChI=1S/C17H15N7O4S/c1-10-15(9-21(2)20-10)23-16(25)14(19-17(23)29)5-12-3-4-13(28-12)8-22-7-11(6-18-22)24(26)27/h3-7,9H,8H2,1-2H3,(H,19,29)/b14-5+. The Balaban J connectivity index is 1.52. The molecule has 0 radical (unpaired) electrons. The zero-order chi connectivity index (χ0) is 20.7. The van der Waals surface area contributed by atoms with Crippen LogP contribution in [-0.2, 0) is 18.4 Å². The summed E-state index contributed by atoms with van der Waals surface area (Å²) in [6.45, 7) is 2.02. The molecule has 1 N–H and O–H groups in total. The van der Waals surface area contributed by atoms with Crippen LogP contribution in [0.1, 0.15) is 17.2 Å². The lowest BCUT2D eigenvalue weighted by molar-refractivity contribution is -0.385. The van der Waals surface area contributed by atoms with Crippen molar-refractivity contribution >= 4 is 40.7 Å². The maximum atomic E-state index is 12.8. The molecule has 12 heteroatoms. The van der Waals surface area contributed by atoms with Crippen LogP contribution < -0.4 is 10.2 Å². The number of hydrogen-bond acceptors (Lipinski definition) is 7. The summed E-state index contributed by atoms with van der Waals surface area (Å²) >= 11 is 5.30. The molecule has 1 fully saturated rings. The third kappa shape index (κ3) is 3.52. The van der Waals surface area contributed by atoms with Gasteiger partial charge in [-0.05, 0) is 31.3 Å². The molecule has 0 aliphatic carbocycles. The normalized spacial score (nSPS) is 15.4. The van der Waals surface area contributed by atoms with Crippen LogP contribution >= 0.6 is 12.2 Å². The van der Waals surface area contributed by atoms with Crippen LogP contribution in [0.15, 0.2) is 40.8 Å². The molecule has 0 aromatic carbocycles.